The Morgan fingerprint density at radius 3 is 1.17 bits per heavy atom. The highest BCUT2D eigenvalue weighted by Gasteiger charge is 2.50. The van der Waals surface area contributed by atoms with Crippen molar-refractivity contribution in [3.63, 3.8) is 0 Å². The molecule has 0 spiro atoms. The van der Waals surface area contributed by atoms with E-state index in [1.54, 1.807) is 0 Å². The molecule has 1 fully saturated rings. The van der Waals surface area contributed by atoms with Crippen molar-refractivity contribution < 1.29 is 58.2 Å². The molecule has 6 atom stereocenters. The summed E-state index contributed by atoms with van der Waals surface area (Å²) < 4.78 is 28.5. The number of esters is 3. The third-order valence-electron chi connectivity index (χ3n) is 14.0. The quantitative estimate of drug-likeness (QED) is 0.0228. The maximum absolute atomic E-state index is 13.2. The molecule has 0 bridgehead atoms. The van der Waals surface area contributed by atoms with Crippen LogP contribution in [-0.2, 0) is 42.9 Å². The van der Waals surface area contributed by atoms with Crippen LogP contribution < -0.4 is 0 Å². The van der Waals surface area contributed by atoms with Gasteiger partial charge in [0.15, 0.2) is 24.6 Å². The topological polar surface area (TPSA) is 175 Å². The van der Waals surface area contributed by atoms with E-state index in [0.717, 1.165) is 141 Å². The molecule has 12 nitrogen and oxygen atoms in total. The molecule has 0 amide bonds. The fourth-order valence-electron chi connectivity index (χ4n) is 9.09. The standard InChI is InChI=1S/C71H114O12/c1-4-7-10-13-16-19-22-25-28-30-32-34-37-39-42-45-48-51-54-57-63(72)79-60-62(81-64(73)58-55-52-49-46-43-40-36-27-24-21-18-15-12-9-6-3)61-80-71-69(67(76)66(75)68(83-71)70(77)78)82-65(74)59-56-53-50-47-44-41-38-35-33-31-29-26-23-20-17-14-11-8-5-2/h7,9-10,12,16-21,25-29,32,34,36,39,42,62,66-69,71,75-76H,4-6,8,11,13-15,22-24,30-31,33,35,37-38,40-41,43-61H2,1-3H3,(H,77,78)/b10-7-,12-9-,19-16-,20-17-,21-18-,28-25-,29-26-,34-32-,36-27-,42-39-. The Morgan fingerprint density at radius 1 is 0.410 bits per heavy atom. The lowest BCUT2D eigenvalue weighted by molar-refractivity contribution is -0.301. The number of carbonyl (C=O) groups is 4. The SMILES string of the molecule is CC/C=C\C/C=C\C/C=C\C/C=C\C/C=C\CCCCCC(=O)OCC(COC1OC(C(=O)O)C(O)C(O)C1OC(=O)CCCCCCCCCCC/C=C\C/C=C\CCCCC)OC(=O)CCCCCCC/C=C\C/C=C\C/C=C\CC. The van der Waals surface area contributed by atoms with E-state index in [0.29, 0.717) is 19.3 Å². The first-order valence-corrected chi connectivity index (χ1v) is 32.5. The lowest BCUT2D eigenvalue weighted by Crippen LogP contribution is -2.61. The van der Waals surface area contributed by atoms with Crippen molar-refractivity contribution >= 4 is 23.9 Å². The Balaban J connectivity index is 2.69. The van der Waals surface area contributed by atoms with Crippen molar-refractivity contribution in [3.8, 4) is 0 Å². The van der Waals surface area contributed by atoms with Crippen LogP contribution in [0.25, 0.3) is 0 Å². The lowest BCUT2D eigenvalue weighted by Gasteiger charge is -2.40. The minimum atomic E-state index is -1.92. The molecule has 1 aliphatic rings. The summed E-state index contributed by atoms with van der Waals surface area (Å²) >= 11 is 0. The molecule has 0 aromatic carbocycles. The Hall–Kier alpha value is -4.88. The lowest BCUT2D eigenvalue weighted by atomic mass is 9.98. The number of carbonyl (C=O) groups excluding carboxylic acids is 3. The molecule has 0 radical (unpaired) electrons. The van der Waals surface area contributed by atoms with Gasteiger partial charge < -0.3 is 39.0 Å². The Bertz CT molecular complexity index is 1900. The van der Waals surface area contributed by atoms with Crippen LogP contribution in [-0.4, -0.2) is 89.2 Å². The van der Waals surface area contributed by atoms with E-state index in [-0.39, 0.29) is 25.9 Å². The van der Waals surface area contributed by atoms with Gasteiger partial charge in [-0.2, -0.15) is 0 Å². The second kappa shape index (κ2) is 57.5. The van der Waals surface area contributed by atoms with Crippen molar-refractivity contribution in [3.05, 3.63) is 122 Å². The van der Waals surface area contributed by atoms with Gasteiger partial charge in [-0.25, -0.2) is 4.79 Å². The third kappa shape index (κ3) is 47.1. The number of unbranched alkanes of at least 4 members (excludes halogenated alkanes) is 20. The maximum Gasteiger partial charge on any atom is 0.335 e. The second-order valence-electron chi connectivity index (χ2n) is 21.6. The highest BCUT2D eigenvalue weighted by Crippen LogP contribution is 2.26. The zero-order valence-electron chi connectivity index (χ0n) is 51.9. The molecular weight excluding hydrogens is 1040 g/mol. The number of carboxylic acid groups (broad SMARTS) is 1. The first-order chi connectivity index (χ1) is 40.6. The Morgan fingerprint density at radius 2 is 0.759 bits per heavy atom. The monoisotopic (exact) mass is 1160 g/mol. The Labute approximate surface area is 503 Å². The summed E-state index contributed by atoms with van der Waals surface area (Å²) in [5, 5.41) is 31.6. The smallest absolute Gasteiger partial charge is 0.335 e. The molecule has 470 valence electrons. The van der Waals surface area contributed by atoms with Crippen molar-refractivity contribution in [2.75, 3.05) is 13.2 Å². The van der Waals surface area contributed by atoms with E-state index in [1.807, 2.05) is 0 Å². The first kappa shape index (κ1) is 76.1. The zero-order chi connectivity index (χ0) is 60.3. The van der Waals surface area contributed by atoms with Crippen LogP contribution in [0.2, 0.25) is 0 Å². The van der Waals surface area contributed by atoms with E-state index in [1.165, 1.54) is 51.4 Å². The molecule has 0 saturated carbocycles. The summed E-state index contributed by atoms with van der Waals surface area (Å²) in [6, 6.07) is 0. The summed E-state index contributed by atoms with van der Waals surface area (Å²) in [7, 11) is 0. The summed E-state index contributed by atoms with van der Waals surface area (Å²) in [6.07, 6.45) is 67.2. The number of carboxylic acids is 1. The van der Waals surface area contributed by atoms with Crippen molar-refractivity contribution in [2.45, 2.75) is 289 Å². The second-order valence-corrected chi connectivity index (χ2v) is 21.6. The number of aliphatic hydroxyl groups is 2. The van der Waals surface area contributed by atoms with Crippen LogP contribution >= 0.6 is 0 Å². The van der Waals surface area contributed by atoms with E-state index >= 15 is 0 Å². The fourth-order valence-corrected chi connectivity index (χ4v) is 9.09. The molecule has 1 aliphatic heterocycles. The summed E-state index contributed by atoms with van der Waals surface area (Å²) in [5.41, 5.74) is 0. The van der Waals surface area contributed by atoms with Gasteiger partial charge in [-0.15, -0.1) is 0 Å². The van der Waals surface area contributed by atoms with Crippen LogP contribution in [0.15, 0.2) is 122 Å². The van der Waals surface area contributed by atoms with Gasteiger partial charge in [0.2, 0.25) is 0 Å². The number of hydrogen-bond donors (Lipinski definition) is 3. The van der Waals surface area contributed by atoms with Crippen molar-refractivity contribution in [1.29, 1.82) is 0 Å². The average Bonchev–Trinajstić information content (AvgIpc) is 3.57. The minimum Gasteiger partial charge on any atom is -0.479 e. The number of hydrogen-bond acceptors (Lipinski definition) is 11. The van der Waals surface area contributed by atoms with Gasteiger partial charge in [0.05, 0.1) is 6.61 Å². The molecule has 6 unspecified atom stereocenters. The van der Waals surface area contributed by atoms with Crippen LogP contribution in [0.5, 0.6) is 0 Å². The van der Waals surface area contributed by atoms with E-state index in [2.05, 4.69) is 142 Å². The fraction of sp³-hybridized carbons (Fsp3) is 0.662. The van der Waals surface area contributed by atoms with Gasteiger partial charge in [0.1, 0.15) is 18.8 Å². The number of aliphatic hydroxyl groups excluding tert-OH is 2. The Kier molecular flexibility index (Phi) is 52.8. The first-order valence-electron chi connectivity index (χ1n) is 32.5. The number of rotatable bonds is 54. The van der Waals surface area contributed by atoms with Crippen LogP contribution in [0, 0.1) is 0 Å². The van der Waals surface area contributed by atoms with Crippen LogP contribution in [0.4, 0.5) is 0 Å². The highest BCUT2D eigenvalue weighted by atomic mass is 16.7. The number of aliphatic carboxylic acids is 1. The number of allylic oxidation sites excluding steroid dienone is 20. The normalized spacial score (nSPS) is 18.4. The van der Waals surface area contributed by atoms with Crippen LogP contribution in [0.3, 0.4) is 0 Å². The predicted octanol–water partition coefficient (Wildman–Crippen LogP) is 17.6. The minimum absolute atomic E-state index is 0.0443. The molecule has 1 saturated heterocycles. The van der Waals surface area contributed by atoms with Crippen molar-refractivity contribution in [1.82, 2.24) is 0 Å². The molecule has 12 heteroatoms. The molecule has 83 heavy (non-hydrogen) atoms. The summed E-state index contributed by atoms with van der Waals surface area (Å²) in [5.74, 6) is -3.20. The van der Waals surface area contributed by atoms with Gasteiger partial charge in [-0.3, -0.25) is 14.4 Å². The predicted molar refractivity (Wildman–Crippen MR) is 340 cm³/mol. The van der Waals surface area contributed by atoms with E-state index in [9.17, 15) is 34.5 Å². The van der Waals surface area contributed by atoms with Gasteiger partial charge >= 0.3 is 23.9 Å². The van der Waals surface area contributed by atoms with Gasteiger partial charge in [0.25, 0.3) is 0 Å². The van der Waals surface area contributed by atoms with Gasteiger partial charge in [0, 0.05) is 19.3 Å². The summed E-state index contributed by atoms with van der Waals surface area (Å²) in [4.78, 5) is 51.3. The maximum atomic E-state index is 13.2. The van der Waals surface area contributed by atoms with Gasteiger partial charge in [-0.1, -0.05) is 226 Å². The molecular formula is C71H114O12. The molecule has 0 aromatic heterocycles. The van der Waals surface area contributed by atoms with E-state index in [4.69, 9.17) is 23.7 Å². The molecule has 0 aromatic rings. The average molecular weight is 1160 g/mol. The zero-order valence-corrected chi connectivity index (χ0v) is 51.9. The van der Waals surface area contributed by atoms with Crippen LogP contribution in [0.1, 0.15) is 252 Å². The van der Waals surface area contributed by atoms with Crippen molar-refractivity contribution in [2.24, 2.45) is 0 Å². The molecule has 1 rings (SSSR count). The highest BCUT2D eigenvalue weighted by molar-refractivity contribution is 5.74. The third-order valence-corrected chi connectivity index (χ3v) is 14.0. The van der Waals surface area contributed by atoms with E-state index < -0.39 is 67.3 Å². The number of ether oxygens (including phenoxy) is 5. The summed E-state index contributed by atoms with van der Waals surface area (Å²) in [6.45, 7) is 5.71. The molecule has 1 heterocycles. The molecule has 3 N–H and O–H groups in total. The van der Waals surface area contributed by atoms with Gasteiger partial charge in [-0.05, 0) is 128 Å². The molecule has 0 aliphatic carbocycles. The largest absolute Gasteiger partial charge is 0.479 e.